The third-order valence-corrected chi connectivity index (χ3v) is 7.23. The Morgan fingerprint density at radius 2 is 1.93 bits per heavy atom. The summed E-state index contributed by atoms with van der Waals surface area (Å²) in [6, 6.07) is 9.24. The highest BCUT2D eigenvalue weighted by Crippen LogP contribution is 2.35. The second-order valence-corrected chi connectivity index (χ2v) is 9.03. The Kier molecular flexibility index (Phi) is 6.04. The number of aryl methyl sites for hydroxylation is 2. The lowest BCUT2D eigenvalue weighted by molar-refractivity contribution is -0.129. The number of hydrogen-bond acceptors (Lipinski definition) is 4. The predicted octanol–water partition coefficient (Wildman–Crippen LogP) is 4.72. The SMILES string of the molecule is Cc1nnc(SCC(=O)N(C)C2CCCc3ccccc32)n1C1CCCCC1. The van der Waals surface area contributed by atoms with Crippen LogP contribution in [0, 0.1) is 6.92 Å². The zero-order valence-corrected chi connectivity index (χ0v) is 17.7. The Balaban J connectivity index is 1.43. The van der Waals surface area contributed by atoms with Crippen LogP contribution in [0.5, 0.6) is 0 Å². The largest absolute Gasteiger partial charge is 0.338 e. The standard InChI is InChI=1S/C22H30N4OS/c1-16-23-24-22(26(16)18-11-4-3-5-12-18)28-15-21(27)25(2)20-14-8-10-17-9-6-7-13-19(17)20/h6-7,9,13,18,20H,3-5,8,10-12,14-15H2,1-2H3. The van der Waals surface area contributed by atoms with Crippen LogP contribution in [0.15, 0.2) is 29.4 Å². The molecule has 2 aliphatic carbocycles. The molecule has 0 N–H and O–H groups in total. The molecule has 2 aromatic rings. The van der Waals surface area contributed by atoms with Gasteiger partial charge in [-0.25, -0.2) is 0 Å². The fourth-order valence-corrected chi connectivity index (χ4v) is 5.72. The summed E-state index contributed by atoms with van der Waals surface area (Å²) in [5.41, 5.74) is 2.70. The van der Waals surface area contributed by atoms with E-state index in [-0.39, 0.29) is 11.9 Å². The van der Waals surface area contributed by atoms with Crippen LogP contribution < -0.4 is 0 Å². The zero-order valence-electron chi connectivity index (χ0n) is 16.9. The molecular formula is C22H30N4OS. The van der Waals surface area contributed by atoms with Gasteiger partial charge in [-0.1, -0.05) is 55.3 Å². The van der Waals surface area contributed by atoms with Crippen molar-refractivity contribution in [2.24, 2.45) is 0 Å². The van der Waals surface area contributed by atoms with Gasteiger partial charge < -0.3 is 9.47 Å². The van der Waals surface area contributed by atoms with Crippen LogP contribution >= 0.6 is 11.8 Å². The smallest absolute Gasteiger partial charge is 0.233 e. The highest BCUT2D eigenvalue weighted by Gasteiger charge is 2.27. The minimum atomic E-state index is 0.169. The first-order valence-corrected chi connectivity index (χ1v) is 11.5. The van der Waals surface area contributed by atoms with Gasteiger partial charge in [-0.05, 0) is 50.2 Å². The molecule has 0 aliphatic heterocycles. The van der Waals surface area contributed by atoms with E-state index in [9.17, 15) is 4.79 Å². The minimum Gasteiger partial charge on any atom is -0.338 e. The minimum absolute atomic E-state index is 0.169. The molecule has 1 atom stereocenters. The van der Waals surface area contributed by atoms with E-state index in [4.69, 9.17) is 0 Å². The van der Waals surface area contributed by atoms with E-state index in [0.717, 1.165) is 30.2 Å². The van der Waals surface area contributed by atoms with E-state index >= 15 is 0 Å². The second kappa shape index (κ2) is 8.68. The normalized spacial score (nSPS) is 20.0. The fourth-order valence-electron chi connectivity index (χ4n) is 4.74. The molecule has 6 heteroatoms. The molecular weight excluding hydrogens is 368 g/mol. The Morgan fingerprint density at radius 1 is 1.14 bits per heavy atom. The van der Waals surface area contributed by atoms with Gasteiger partial charge in [0.2, 0.25) is 5.91 Å². The topological polar surface area (TPSA) is 51.0 Å². The van der Waals surface area contributed by atoms with Gasteiger partial charge in [-0.15, -0.1) is 10.2 Å². The highest BCUT2D eigenvalue weighted by atomic mass is 32.2. The van der Waals surface area contributed by atoms with Crippen molar-refractivity contribution < 1.29 is 4.79 Å². The number of fused-ring (bicyclic) bond motifs is 1. The summed E-state index contributed by atoms with van der Waals surface area (Å²) in [5.74, 6) is 1.55. The summed E-state index contributed by atoms with van der Waals surface area (Å²) >= 11 is 1.54. The summed E-state index contributed by atoms with van der Waals surface area (Å²) in [6.07, 6.45) is 9.56. The number of aromatic nitrogens is 3. The second-order valence-electron chi connectivity index (χ2n) is 8.09. The van der Waals surface area contributed by atoms with Crippen LogP contribution in [0.2, 0.25) is 0 Å². The van der Waals surface area contributed by atoms with Crippen molar-refractivity contribution in [3.63, 3.8) is 0 Å². The molecule has 5 nitrogen and oxygen atoms in total. The van der Waals surface area contributed by atoms with E-state index in [1.807, 2.05) is 18.9 Å². The van der Waals surface area contributed by atoms with E-state index in [0.29, 0.717) is 11.8 Å². The molecule has 0 saturated heterocycles. The number of benzene rings is 1. The van der Waals surface area contributed by atoms with Crippen LogP contribution in [0.4, 0.5) is 0 Å². The van der Waals surface area contributed by atoms with Crippen molar-refractivity contribution in [3.8, 4) is 0 Å². The lowest BCUT2D eigenvalue weighted by atomic mass is 9.87. The first-order valence-electron chi connectivity index (χ1n) is 10.5. The van der Waals surface area contributed by atoms with Crippen LogP contribution in [0.3, 0.4) is 0 Å². The van der Waals surface area contributed by atoms with E-state index < -0.39 is 0 Å². The number of carbonyl (C=O) groups is 1. The summed E-state index contributed by atoms with van der Waals surface area (Å²) in [5, 5.41) is 9.58. The first kappa shape index (κ1) is 19.5. The molecule has 1 aromatic carbocycles. The van der Waals surface area contributed by atoms with Crippen molar-refractivity contribution in [2.75, 3.05) is 12.8 Å². The molecule has 1 fully saturated rings. The lowest BCUT2D eigenvalue weighted by Crippen LogP contribution is -2.34. The Labute approximate surface area is 171 Å². The highest BCUT2D eigenvalue weighted by molar-refractivity contribution is 7.99. The molecule has 1 unspecified atom stereocenters. The Morgan fingerprint density at radius 3 is 2.75 bits per heavy atom. The Bertz CT molecular complexity index is 828. The monoisotopic (exact) mass is 398 g/mol. The Hall–Kier alpha value is -1.82. The maximum absolute atomic E-state index is 13.0. The maximum Gasteiger partial charge on any atom is 0.233 e. The molecule has 4 rings (SSSR count). The van der Waals surface area contributed by atoms with Crippen molar-refractivity contribution in [1.82, 2.24) is 19.7 Å². The number of carbonyl (C=O) groups excluding carboxylic acids is 1. The third-order valence-electron chi connectivity index (χ3n) is 6.30. The molecule has 0 bridgehead atoms. The van der Waals surface area contributed by atoms with Crippen molar-refractivity contribution in [2.45, 2.75) is 75.5 Å². The molecule has 0 spiro atoms. The molecule has 1 saturated carbocycles. The van der Waals surface area contributed by atoms with Gasteiger partial charge in [0.25, 0.3) is 0 Å². The number of rotatable bonds is 5. The van der Waals surface area contributed by atoms with Gasteiger partial charge in [0.1, 0.15) is 5.82 Å². The number of amides is 1. The van der Waals surface area contributed by atoms with Crippen LogP contribution in [-0.4, -0.2) is 38.4 Å². The molecule has 1 heterocycles. The molecule has 150 valence electrons. The van der Waals surface area contributed by atoms with Crippen LogP contribution in [-0.2, 0) is 11.2 Å². The summed E-state index contributed by atoms with van der Waals surface area (Å²) < 4.78 is 2.27. The summed E-state index contributed by atoms with van der Waals surface area (Å²) in [7, 11) is 1.95. The average Bonchev–Trinajstić information content (AvgIpc) is 3.12. The van der Waals surface area contributed by atoms with Gasteiger partial charge >= 0.3 is 0 Å². The molecule has 0 radical (unpaired) electrons. The van der Waals surface area contributed by atoms with E-state index in [1.54, 1.807) is 11.8 Å². The van der Waals surface area contributed by atoms with E-state index in [1.165, 1.54) is 43.2 Å². The molecule has 1 amide bonds. The van der Waals surface area contributed by atoms with Gasteiger partial charge in [0.05, 0.1) is 11.8 Å². The third kappa shape index (κ3) is 3.97. The number of thioether (sulfide) groups is 1. The van der Waals surface area contributed by atoms with Gasteiger partial charge in [-0.2, -0.15) is 0 Å². The molecule has 28 heavy (non-hydrogen) atoms. The zero-order chi connectivity index (χ0) is 19.5. The number of hydrogen-bond donors (Lipinski definition) is 0. The molecule has 1 aromatic heterocycles. The van der Waals surface area contributed by atoms with Gasteiger partial charge in [-0.3, -0.25) is 4.79 Å². The summed E-state index contributed by atoms with van der Waals surface area (Å²) in [6.45, 7) is 2.03. The van der Waals surface area contributed by atoms with E-state index in [2.05, 4.69) is 39.0 Å². The van der Waals surface area contributed by atoms with Crippen molar-refractivity contribution in [1.29, 1.82) is 0 Å². The fraction of sp³-hybridized carbons (Fsp3) is 0.591. The van der Waals surface area contributed by atoms with Crippen LogP contribution in [0.25, 0.3) is 0 Å². The van der Waals surface area contributed by atoms with Gasteiger partial charge in [0.15, 0.2) is 5.16 Å². The molecule has 2 aliphatic rings. The maximum atomic E-state index is 13.0. The quantitative estimate of drug-likeness (QED) is 0.684. The predicted molar refractivity (Wildman–Crippen MR) is 112 cm³/mol. The first-order chi connectivity index (χ1) is 13.6. The van der Waals surface area contributed by atoms with Crippen molar-refractivity contribution >= 4 is 17.7 Å². The van der Waals surface area contributed by atoms with Crippen LogP contribution in [0.1, 0.15) is 74.0 Å². The number of nitrogens with zero attached hydrogens (tertiary/aromatic N) is 4. The van der Waals surface area contributed by atoms with Gasteiger partial charge in [0, 0.05) is 13.1 Å². The average molecular weight is 399 g/mol. The summed E-state index contributed by atoms with van der Waals surface area (Å²) in [4.78, 5) is 14.9. The lowest BCUT2D eigenvalue weighted by Gasteiger charge is -2.33. The van der Waals surface area contributed by atoms with Crippen molar-refractivity contribution in [3.05, 3.63) is 41.2 Å².